The first-order chi connectivity index (χ1) is 10.9. The molecule has 2 aliphatic rings. The molecule has 2 amide bonds. The highest BCUT2D eigenvalue weighted by molar-refractivity contribution is 5.86. The maximum atomic E-state index is 12.7. The van der Waals surface area contributed by atoms with Crippen molar-refractivity contribution in [3.05, 3.63) is 0 Å². The summed E-state index contributed by atoms with van der Waals surface area (Å²) in [5.74, 6) is 1.48. The van der Waals surface area contributed by atoms with Gasteiger partial charge in [-0.05, 0) is 44.1 Å². The highest BCUT2D eigenvalue weighted by Gasteiger charge is 2.34. The number of hydrogen-bond donors (Lipinski definition) is 1. The number of amides is 2. The number of carbonyl (C=O) groups excluding carboxylic acids is 2. The van der Waals surface area contributed by atoms with Crippen molar-refractivity contribution in [3.8, 4) is 0 Å². The van der Waals surface area contributed by atoms with Crippen LogP contribution >= 0.6 is 0 Å². The molecule has 2 rings (SSSR count). The Bertz CT molecular complexity index is 423. The number of ether oxygens (including phenoxy) is 1. The molecule has 23 heavy (non-hydrogen) atoms. The van der Waals surface area contributed by atoms with Gasteiger partial charge in [-0.15, -0.1) is 0 Å². The van der Waals surface area contributed by atoms with Crippen LogP contribution in [0.5, 0.6) is 0 Å². The fraction of sp³-hybridized carbons (Fsp3) is 0.882. The zero-order chi connectivity index (χ0) is 17.0. The molecular weight excluding hydrogens is 294 g/mol. The lowest BCUT2D eigenvalue weighted by Crippen LogP contribution is -2.50. The van der Waals surface area contributed by atoms with Gasteiger partial charge in [-0.2, -0.15) is 0 Å². The van der Waals surface area contributed by atoms with Gasteiger partial charge in [-0.3, -0.25) is 4.79 Å². The van der Waals surface area contributed by atoms with Crippen molar-refractivity contribution >= 4 is 12.0 Å². The smallest absolute Gasteiger partial charge is 0.407 e. The first kappa shape index (κ1) is 18.0. The summed E-state index contributed by atoms with van der Waals surface area (Å²) >= 11 is 0. The molecule has 132 valence electrons. The lowest BCUT2D eigenvalue weighted by atomic mass is 10.0. The molecule has 0 bridgehead atoms. The molecule has 1 saturated heterocycles. The standard InChI is InChI=1S/C17H31N3O3/c1-12(2)15(18-17(22)23-4)16(21)20-8-7-14(11-20)10-19(3)9-13-5-6-13/h12-15H,5-11H2,1-4H3,(H,18,22)/t14-,15-/m1/s1. The predicted octanol–water partition coefficient (Wildman–Crippen LogP) is 1.56. The molecule has 1 heterocycles. The molecule has 0 aromatic rings. The van der Waals surface area contributed by atoms with Gasteiger partial charge in [0.05, 0.1) is 7.11 Å². The molecule has 0 radical (unpaired) electrons. The van der Waals surface area contributed by atoms with Crippen LogP contribution in [0.15, 0.2) is 0 Å². The average Bonchev–Trinajstić information content (AvgIpc) is 3.18. The van der Waals surface area contributed by atoms with Crippen LogP contribution in [0.25, 0.3) is 0 Å². The normalized spacial score (nSPS) is 22.5. The third-order valence-electron chi connectivity index (χ3n) is 4.83. The van der Waals surface area contributed by atoms with E-state index in [2.05, 4.69) is 22.0 Å². The van der Waals surface area contributed by atoms with Crippen LogP contribution in [0.3, 0.4) is 0 Å². The topological polar surface area (TPSA) is 61.9 Å². The third-order valence-corrected chi connectivity index (χ3v) is 4.83. The lowest BCUT2D eigenvalue weighted by molar-refractivity contribution is -0.133. The Morgan fingerprint density at radius 1 is 1.22 bits per heavy atom. The van der Waals surface area contributed by atoms with Gasteiger partial charge in [0.15, 0.2) is 0 Å². The number of nitrogens with one attached hydrogen (secondary N) is 1. The molecule has 2 fully saturated rings. The number of rotatable bonds is 7. The first-order valence-corrected chi connectivity index (χ1v) is 8.72. The van der Waals surface area contributed by atoms with Crippen LogP contribution in [-0.2, 0) is 9.53 Å². The van der Waals surface area contributed by atoms with Crippen LogP contribution < -0.4 is 5.32 Å². The Balaban J connectivity index is 1.82. The van der Waals surface area contributed by atoms with E-state index in [1.807, 2.05) is 18.7 Å². The maximum absolute atomic E-state index is 12.7. The average molecular weight is 325 g/mol. The van der Waals surface area contributed by atoms with Gasteiger partial charge < -0.3 is 19.9 Å². The van der Waals surface area contributed by atoms with Crippen molar-refractivity contribution in [1.82, 2.24) is 15.1 Å². The van der Waals surface area contributed by atoms with Crippen LogP contribution in [0, 0.1) is 17.8 Å². The lowest BCUT2D eigenvalue weighted by Gasteiger charge is -2.27. The van der Waals surface area contributed by atoms with E-state index in [1.165, 1.54) is 26.5 Å². The van der Waals surface area contributed by atoms with E-state index >= 15 is 0 Å². The van der Waals surface area contributed by atoms with E-state index in [0.717, 1.165) is 32.0 Å². The molecule has 1 aliphatic heterocycles. The number of alkyl carbamates (subject to hydrolysis) is 1. The second-order valence-electron chi connectivity index (χ2n) is 7.46. The zero-order valence-corrected chi connectivity index (χ0v) is 14.9. The number of carbonyl (C=O) groups is 2. The molecule has 0 aromatic heterocycles. The molecule has 1 saturated carbocycles. The van der Waals surface area contributed by atoms with E-state index < -0.39 is 12.1 Å². The first-order valence-electron chi connectivity index (χ1n) is 8.72. The fourth-order valence-corrected chi connectivity index (χ4v) is 3.33. The van der Waals surface area contributed by atoms with Gasteiger partial charge in [0.25, 0.3) is 0 Å². The summed E-state index contributed by atoms with van der Waals surface area (Å²) in [7, 11) is 3.50. The Morgan fingerprint density at radius 2 is 1.87 bits per heavy atom. The van der Waals surface area contributed by atoms with Gasteiger partial charge >= 0.3 is 6.09 Å². The van der Waals surface area contributed by atoms with Crippen molar-refractivity contribution < 1.29 is 14.3 Å². The third kappa shape index (κ3) is 5.37. The molecule has 0 aromatic carbocycles. The van der Waals surface area contributed by atoms with Gasteiger partial charge in [-0.25, -0.2) is 4.79 Å². The monoisotopic (exact) mass is 325 g/mol. The minimum Gasteiger partial charge on any atom is -0.453 e. The zero-order valence-electron chi connectivity index (χ0n) is 14.9. The minimum atomic E-state index is -0.544. The van der Waals surface area contributed by atoms with E-state index in [1.54, 1.807) is 0 Å². The summed E-state index contributed by atoms with van der Waals surface area (Å²) in [6, 6.07) is -0.509. The summed E-state index contributed by atoms with van der Waals surface area (Å²) < 4.78 is 4.63. The van der Waals surface area contributed by atoms with Gasteiger partial charge in [0, 0.05) is 26.2 Å². The Hall–Kier alpha value is -1.30. The Kier molecular flexibility index (Phi) is 6.27. The number of likely N-dealkylation sites (tertiary alicyclic amines) is 1. The van der Waals surface area contributed by atoms with E-state index in [9.17, 15) is 9.59 Å². The second-order valence-corrected chi connectivity index (χ2v) is 7.46. The van der Waals surface area contributed by atoms with E-state index in [-0.39, 0.29) is 11.8 Å². The second kappa shape index (κ2) is 7.99. The number of methoxy groups -OCH3 is 1. The SMILES string of the molecule is COC(=O)N[C@@H](C(=O)N1CC[C@H](CN(C)CC2CC2)C1)C(C)C. The highest BCUT2D eigenvalue weighted by atomic mass is 16.5. The predicted molar refractivity (Wildman–Crippen MR) is 89.1 cm³/mol. The van der Waals surface area contributed by atoms with Crippen molar-refractivity contribution in [1.29, 1.82) is 0 Å². The maximum Gasteiger partial charge on any atom is 0.407 e. The van der Waals surface area contributed by atoms with E-state index in [0.29, 0.717) is 5.92 Å². The summed E-state index contributed by atoms with van der Waals surface area (Å²) in [6.07, 6.45) is 3.24. The van der Waals surface area contributed by atoms with Crippen LogP contribution in [0.4, 0.5) is 4.79 Å². The quantitative estimate of drug-likeness (QED) is 0.771. The largest absolute Gasteiger partial charge is 0.453 e. The number of hydrogen-bond acceptors (Lipinski definition) is 4. The van der Waals surface area contributed by atoms with E-state index in [4.69, 9.17) is 0 Å². The van der Waals surface area contributed by atoms with Crippen molar-refractivity contribution in [2.24, 2.45) is 17.8 Å². The van der Waals surface area contributed by atoms with Gasteiger partial charge in [-0.1, -0.05) is 13.8 Å². The Morgan fingerprint density at radius 3 is 2.43 bits per heavy atom. The minimum absolute atomic E-state index is 0.0118. The molecule has 0 unspecified atom stereocenters. The summed E-state index contributed by atoms with van der Waals surface area (Å²) in [6.45, 7) is 7.69. The van der Waals surface area contributed by atoms with Gasteiger partial charge in [0.2, 0.25) is 5.91 Å². The summed E-state index contributed by atoms with van der Waals surface area (Å²) in [4.78, 5) is 28.5. The summed E-state index contributed by atoms with van der Waals surface area (Å²) in [5, 5.41) is 2.67. The summed E-state index contributed by atoms with van der Waals surface area (Å²) in [5.41, 5.74) is 0. The van der Waals surface area contributed by atoms with Crippen LogP contribution in [0.2, 0.25) is 0 Å². The van der Waals surface area contributed by atoms with Crippen LogP contribution in [0.1, 0.15) is 33.1 Å². The fourth-order valence-electron chi connectivity index (χ4n) is 3.33. The van der Waals surface area contributed by atoms with Crippen molar-refractivity contribution in [3.63, 3.8) is 0 Å². The van der Waals surface area contributed by atoms with Crippen molar-refractivity contribution in [2.75, 3.05) is 40.3 Å². The molecule has 6 nitrogen and oxygen atoms in total. The molecule has 0 spiro atoms. The molecule has 1 N–H and O–H groups in total. The van der Waals surface area contributed by atoms with Crippen LogP contribution in [-0.4, -0.2) is 68.2 Å². The van der Waals surface area contributed by atoms with Crippen molar-refractivity contribution in [2.45, 2.75) is 39.2 Å². The molecule has 2 atom stereocenters. The molecular formula is C17H31N3O3. The molecule has 6 heteroatoms. The number of nitrogens with zero attached hydrogens (tertiary/aromatic N) is 2. The Labute approximate surface area is 139 Å². The molecule has 1 aliphatic carbocycles. The van der Waals surface area contributed by atoms with Gasteiger partial charge in [0.1, 0.15) is 6.04 Å². The highest BCUT2D eigenvalue weighted by Crippen LogP contribution is 2.30.